The van der Waals surface area contributed by atoms with Gasteiger partial charge in [-0.2, -0.15) is 18.4 Å². The number of nitrogens with zero attached hydrogens (tertiary/aromatic N) is 1. The normalized spacial score (nSPS) is 19.4. The number of ether oxygens (including phenoxy) is 1. The Bertz CT molecular complexity index is 928. The molecule has 1 saturated carbocycles. The number of hydrogen-bond donors (Lipinski definition) is 0. The quantitative estimate of drug-likeness (QED) is 0.364. The lowest BCUT2D eigenvalue weighted by Crippen LogP contribution is -2.23. The van der Waals surface area contributed by atoms with Crippen molar-refractivity contribution in [1.82, 2.24) is 0 Å². The fraction of sp³-hybridized carbons (Fsp3) is 0.435. The average Bonchev–Trinajstić information content (AvgIpc) is 2.73. The van der Waals surface area contributed by atoms with E-state index in [1.165, 1.54) is 18.6 Å². The zero-order valence-electron chi connectivity index (χ0n) is 16.5. The molecule has 2 aromatic carbocycles. The SMILES string of the molecule is CCCC1CCC(c2ccc(C(F)(F)Oc3cc(F)c(C#N)c(F)c3F)cc2)CC1. The zero-order chi connectivity index (χ0) is 21.9. The van der Waals surface area contributed by atoms with Gasteiger partial charge >= 0.3 is 6.11 Å². The van der Waals surface area contributed by atoms with Crippen molar-refractivity contribution in [3.63, 3.8) is 0 Å². The van der Waals surface area contributed by atoms with Crippen molar-refractivity contribution in [2.24, 2.45) is 5.92 Å². The molecule has 7 heteroatoms. The monoisotopic (exact) mass is 423 g/mol. The summed E-state index contributed by atoms with van der Waals surface area (Å²) in [4.78, 5) is 0. The Kier molecular flexibility index (Phi) is 6.64. The molecule has 0 bridgehead atoms. The van der Waals surface area contributed by atoms with E-state index in [0.717, 1.165) is 49.7 Å². The van der Waals surface area contributed by atoms with Crippen molar-refractivity contribution in [2.75, 3.05) is 0 Å². The Balaban J connectivity index is 1.74. The molecule has 0 heterocycles. The zero-order valence-corrected chi connectivity index (χ0v) is 16.5. The van der Waals surface area contributed by atoms with Gasteiger partial charge in [-0.1, -0.05) is 31.9 Å². The van der Waals surface area contributed by atoms with Crippen LogP contribution in [0.25, 0.3) is 0 Å². The highest BCUT2D eigenvalue weighted by Gasteiger charge is 2.37. The lowest BCUT2D eigenvalue weighted by molar-refractivity contribution is -0.187. The smallest absolute Gasteiger partial charge is 0.426 e. The van der Waals surface area contributed by atoms with Crippen LogP contribution in [-0.4, -0.2) is 0 Å². The first-order valence-electron chi connectivity index (χ1n) is 10.0. The molecule has 0 radical (unpaired) electrons. The Morgan fingerprint density at radius 3 is 2.23 bits per heavy atom. The number of alkyl halides is 2. The maximum absolute atomic E-state index is 14.5. The fourth-order valence-corrected chi connectivity index (χ4v) is 4.09. The molecule has 2 aromatic rings. The lowest BCUT2D eigenvalue weighted by atomic mass is 9.77. The van der Waals surface area contributed by atoms with Crippen LogP contribution in [0.5, 0.6) is 5.75 Å². The molecule has 160 valence electrons. The van der Waals surface area contributed by atoms with Gasteiger partial charge in [0.15, 0.2) is 11.6 Å². The molecule has 3 rings (SSSR count). The standard InChI is InChI=1S/C23H22F5NO/c1-2-3-14-4-6-15(7-5-14)16-8-10-17(11-9-16)23(27,28)30-20-12-19(24)18(13-29)21(25)22(20)26/h8-12,14-15H,2-7H2,1H3. The highest BCUT2D eigenvalue weighted by molar-refractivity contribution is 5.40. The van der Waals surface area contributed by atoms with Crippen molar-refractivity contribution >= 4 is 0 Å². The van der Waals surface area contributed by atoms with Crippen LogP contribution in [0.2, 0.25) is 0 Å². The molecular formula is C23H22F5NO. The summed E-state index contributed by atoms with van der Waals surface area (Å²) in [5.41, 5.74) is -0.803. The van der Waals surface area contributed by atoms with Crippen LogP contribution in [-0.2, 0) is 6.11 Å². The summed E-state index contributed by atoms with van der Waals surface area (Å²) < 4.78 is 74.5. The van der Waals surface area contributed by atoms with Crippen LogP contribution in [0, 0.1) is 34.7 Å². The molecule has 1 aliphatic carbocycles. The first-order valence-corrected chi connectivity index (χ1v) is 10.0. The van der Waals surface area contributed by atoms with Crippen molar-refractivity contribution in [2.45, 2.75) is 57.5 Å². The van der Waals surface area contributed by atoms with E-state index < -0.39 is 40.4 Å². The van der Waals surface area contributed by atoms with Gasteiger partial charge in [-0.3, -0.25) is 0 Å². The Labute approximate surface area is 172 Å². The van der Waals surface area contributed by atoms with E-state index in [0.29, 0.717) is 5.92 Å². The van der Waals surface area contributed by atoms with Crippen molar-refractivity contribution in [3.05, 3.63) is 64.5 Å². The van der Waals surface area contributed by atoms with E-state index >= 15 is 0 Å². The largest absolute Gasteiger partial charge is 0.426 e. The minimum absolute atomic E-state index is 0.244. The molecule has 0 atom stereocenters. The van der Waals surface area contributed by atoms with E-state index in [1.54, 1.807) is 12.1 Å². The maximum Gasteiger partial charge on any atom is 0.426 e. The van der Waals surface area contributed by atoms with Crippen LogP contribution in [0.4, 0.5) is 22.0 Å². The number of hydrogen-bond acceptors (Lipinski definition) is 2. The van der Waals surface area contributed by atoms with Gasteiger partial charge in [-0.15, -0.1) is 0 Å². The summed E-state index contributed by atoms with van der Waals surface area (Å²) in [5.74, 6) is -5.44. The first-order chi connectivity index (χ1) is 14.3. The third-order valence-electron chi connectivity index (χ3n) is 5.74. The molecule has 0 aromatic heterocycles. The van der Waals surface area contributed by atoms with Crippen molar-refractivity contribution in [1.29, 1.82) is 5.26 Å². The van der Waals surface area contributed by atoms with Crippen LogP contribution >= 0.6 is 0 Å². The van der Waals surface area contributed by atoms with E-state index in [9.17, 15) is 22.0 Å². The molecule has 2 nitrogen and oxygen atoms in total. The lowest BCUT2D eigenvalue weighted by Gasteiger charge is -2.29. The second kappa shape index (κ2) is 9.03. The fourth-order valence-electron chi connectivity index (χ4n) is 4.09. The molecular weight excluding hydrogens is 401 g/mol. The van der Waals surface area contributed by atoms with Crippen LogP contribution in [0.15, 0.2) is 30.3 Å². The number of nitriles is 1. The maximum atomic E-state index is 14.5. The second-order valence-corrected chi connectivity index (χ2v) is 7.72. The summed E-state index contributed by atoms with van der Waals surface area (Å²) in [5, 5.41) is 8.61. The highest BCUT2D eigenvalue weighted by Crippen LogP contribution is 2.39. The van der Waals surface area contributed by atoms with E-state index in [-0.39, 0.29) is 6.07 Å². The van der Waals surface area contributed by atoms with E-state index in [4.69, 9.17) is 5.26 Å². The summed E-state index contributed by atoms with van der Waals surface area (Å²) >= 11 is 0. The van der Waals surface area contributed by atoms with Gasteiger partial charge < -0.3 is 4.74 Å². The Morgan fingerprint density at radius 2 is 1.67 bits per heavy atom. The minimum atomic E-state index is -4.01. The predicted molar refractivity (Wildman–Crippen MR) is 102 cm³/mol. The molecule has 0 spiro atoms. The van der Waals surface area contributed by atoms with Gasteiger partial charge in [0.2, 0.25) is 5.82 Å². The first kappa shape index (κ1) is 22.1. The predicted octanol–water partition coefficient (Wildman–Crippen LogP) is 7.18. The molecule has 0 aliphatic heterocycles. The summed E-state index contributed by atoms with van der Waals surface area (Å²) in [6, 6.07) is 6.93. The van der Waals surface area contributed by atoms with Crippen LogP contribution < -0.4 is 4.74 Å². The van der Waals surface area contributed by atoms with Gasteiger partial charge in [0, 0.05) is 6.07 Å². The molecule has 0 amide bonds. The third kappa shape index (κ3) is 4.58. The van der Waals surface area contributed by atoms with Crippen molar-refractivity contribution < 1.29 is 26.7 Å². The summed E-state index contributed by atoms with van der Waals surface area (Å²) in [6.45, 7) is 2.17. The average molecular weight is 423 g/mol. The number of rotatable bonds is 6. The van der Waals surface area contributed by atoms with Gasteiger partial charge in [0.25, 0.3) is 0 Å². The van der Waals surface area contributed by atoms with Gasteiger partial charge in [0.05, 0.1) is 5.56 Å². The summed E-state index contributed by atoms with van der Waals surface area (Å²) in [7, 11) is 0. The molecule has 30 heavy (non-hydrogen) atoms. The molecule has 1 aliphatic rings. The minimum Gasteiger partial charge on any atom is -0.426 e. The van der Waals surface area contributed by atoms with Crippen molar-refractivity contribution in [3.8, 4) is 11.8 Å². The Hall–Kier alpha value is -2.62. The molecule has 1 fully saturated rings. The topological polar surface area (TPSA) is 33.0 Å². The highest BCUT2D eigenvalue weighted by atomic mass is 19.3. The summed E-state index contributed by atoms with van der Waals surface area (Å²) in [6.07, 6.45) is 2.61. The molecule has 0 saturated heterocycles. The third-order valence-corrected chi connectivity index (χ3v) is 5.74. The Morgan fingerprint density at radius 1 is 1.03 bits per heavy atom. The van der Waals surface area contributed by atoms with Gasteiger partial charge in [0.1, 0.15) is 17.4 Å². The van der Waals surface area contributed by atoms with Gasteiger partial charge in [-0.25, -0.2) is 8.78 Å². The van der Waals surface area contributed by atoms with Gasteiger partial charge in [-0.05, 0) is 55.2 Å². The van der Waals surface area contributed by atoms with Crippen LogP contribution in [0.3, 0.4) is 0 Å². The second-order valence-electron chi connectivity index (χ2n) is 7.72. The van der Waals surface area contributed by atoms with Crippen LogP contribution in [0.1, 0.15) is 68.1 Å². The molecule has 0 unspecified atom stereocenters. The van der Waals surface area contributed by atoms with E-state index in [1.807, 2.05) is 0 Å². The molecule has 0 N–H and O–H groups in total. The van der Waals surface area contributed by atoms with E-state index in [2.05, 4.69) is 11.7 Å². The number of halogens is 5. The number of benzene rings is 2.